The van der Waals surface area contributed by atoms with Crippen LogP contribution in [0.3, 0.4) is 0 Å². The van der Waals surface area contributed by atoms with Crippen LogP contribution in [-0.4, -0.2) is 24.2 Å². The molecule has 0 amide bonds. The van der Waals surface area contributed by atoms with E-state index < -0.39 is 0 Å². The summed E-state index contributed by atoms with van der Waals surface area (Å²) in [5.41, 5.74) is 3.56. The van der Waals surface area contributed by atoms with E-state index in [1.165, 1.54) is 0 Å². The van der Waals surface area contributed by atoms with Gasteiger partial charge in [-0.05, 0) is 12.1 Å². The summed E-state index contributed by atoms with van der Waals surface area (Å²) in [5, 5.41) is 8.06. The van der Waals surface area contributed by atoms with Gasteiger partial charge in [-0.2, -0.15) is 5.10 Å². The first-order valence-electron chi connectivity index (χ1n) is 4.79. The van der Waals surface area contributed by atoms with E-state index in [9.17, 15) is 0 Å². The van der Waals surface area contributed by atoms with Gasteiger partial charge in [-0.3, -0.25) is 0 Å². The fourth-order valence-corrected chi connectivity index (χ4v) is 1.52. The van der Waals surface area contributed by atoms with E-state index in [0.29, 0.717) is 16.2 Å². The Morgan fingerprint density at radius 1 is 1.38 bits per heavy atom. The molecule has 2 rings (SSSR count). The van der Waals surface area contributed by atoms with Gasteiger partial charge in [0.15, 0.2) is 5.17 Å². The molecule has 1 aromatic rings. The monoisotopic (exact) mass is 256 g/mol. The number of rotatable bonds is 2. The third-order valence-corrected chi connectivity index (χ3v) is 2.57. The van der Waals surface area contributed by atoms with Crippen molar-refractivity contribution in [3.8, 4) is 0 Å². The Morgan fingerprint density at radius 3 is 2.75 bits per heavy atom. The molecule has 0 saturated heterocycles. The van der Waals surface area contributed by atoms with E-state index in [2.05, 4.69) is 20.8 Å². The number of benzene rings is 1. The fraction of sp³-hybridized carbons (Fsp3) is 0.200. The fourth-order valence-electron chi connectivity index (χ4n) is 1.23. The number of halogens is 2. The van der Waals surface area contributed by atoms with Gasteiger partial charge >= 0.3 is 0 Å². The summed E-state index contributed by atoms with van der Waals surface area (Å²) in [7, 11) is 0. The van der Waals surface area contributed by atoms with Crippen molar-refractivity contribution in [1.82, 2.24) is 10.7 Å². The highest BCUT2D eigenvalue weighted by Gasteiger charge is 2.04. The van der Waals surface area contributed by atoms with Crippen molar-refractivity contribution in [2.75, 3.05) is 13.1 Å². The highest BCUT2D eigenvalue weighted by molar-refractivity contribution is 6.69. The molecule has 0 spiro atoms. The maximum Gasteiger partial charge on any atom is 0.212 e. The van der Waals surface area contributed by atoms with Crippen LogP contribution in [0.15, 0.2) is 34.4 Å². The minimum atomic E-state index is 0.369. The second kappa shape index (κ2) is 5.18. The summed E-state index contributed by atoms with van der Waals surface area (Å²) < 4.78 is 0. The van der Waals surface area contributed by atoms with Crippen LogP contribution < -0.4 is 10.7 Å². The van der Waals surface area contributed by atoms with E-state index in [1.54, 1.807) is 24.3 Å². The highest BCUT2D eigenvalue weighted by atomic mass is 35.5. The van der Waals surface area contributed by atoms with Gasteiger partial charge in [-0.25, -0.2) is 10.4 Å². The second-order valence-corrected chi connectivity index (χ2v) is 3.97. The third-order valence-electron chi connectivity index (χ3n) is 2.02. The van der Waals surface area contributed by atoms with Crippen molar-refractivity contribution in [2.45, 2.75) is 0 Å². The first-order chi connectivity index (χ1) is 7.75. The smallest absolute Gasteiger partial charge is 0.212 e. The van der Waals surface area contributed by atoms with Gasteiger partial charge in [0.25, 0.3) is 0 Å². The normalized spacial score (nSPS) is 15.6. The molecule has 1 heterocycles. The van der Waals surface area contributed by atoms with E-state index in [-0.39, 0.29) is 0 Å². The van der Waals surface area contributed by atoms with Crippen LogP contribution in [0, 0.1) is 0 Å². The third kappa shape index (κ3) is 2.87. The Morgan fingerprint density at radius 2 is 2.12 bits per heavy atom. The molecule has 0 unspecified atom stereocenters. The zero-order chi connectivity index (χ0) is 11.4. The average Bonchev–Trinajstić information content (AvgIpc) is 2.80. The van der Waals surface area contributed by atoms with Crippen molar-refractivity contribution in [1.29, 1.82) is 0 Å². The van der Waals surface area contributed by atoms with Crippen LogP contribution in [0.5, 0.6) is 0 Å². The summed E-state index contributed by atoms with van der Waals surface area (Å²) in [6.07, 6.45) is 0. The quantitative estimate of drug-likeness (QED) is 0.626. The first-order valence-corrected chi connectivity index (χ1v) is 5.55. The molecule has 0 aliphatic carbocycles. The molecular formula is C10H10Cl2N4. The SMILES string of the molecule is Cl/C(=N\NC1=NCCN1)c1ccc(Cl)cc1. The van der Waals surface area contributed by atoms with E-state index >= 15 is 0 Å². The molecule has 1 aromatic carbocycles. The Hall–Kier alpha value is -1.26. The Kier molecular flexibility index (Phi) is 3.64. The Balaban J connectivity index is 2.03. The Labute approximate surface area is 103 Å². The summed E-state index contributed by atoms with van der Waals surface area (Å²) in [6.45, 7) is 1.59. The first kappa shape index (κ1) is 11.2. The van der Waals surface area contributed by atoms with E-state index in [4.69, 9.17) is 23.2 Å². The molecule has 16 heavy (non-hydrogen) atoms. The van der Waals surface area contributed by atoms with Crippen LogP contribution >= 0.6 is 23.2 Å². The highest BCUT2D eigenvalue weighted by Crippen LogP contribution is 2.11. The topological polar surface area (TPSA) is 48.8 Å². The number of nitrogens with zero attached hydrogens (tertiary/aromatic N) is 2. The van der Waals surface area contributed by atoms with E-state index in [0.717, 1.165) is 18.7 Å². The van der Waals surface area contributed by atoms with Crippen molar-refractivity contribution >= 4 is 34.3 Å². The number of hydrogen-bond donors (Lipinski definition) is 2. The lowest BCUT2D eigenvalue weighted by atomic mass is 10.2. The number of aliphatic imine (C=N–C) groups is 1. The molecular weight excluding hydrogens is 247 g/mol. The van der Waals surface area contributed by atoms with Crippen LogP contribution in [0.1, 0.15) is 5.56 Å². The molecule has 0 atom stereocenters. The summed E-state index contributed by atoms with van der Waals surface area (Å²) in [5.74, 6) is 0.645. The summed E-state index contributed by atoms with van der Waals surface area (Å²) in [6, 6.07) is 7.14. The van der Waals surface area contributed by atoms with Crippen LogP contribution in [-0.2, 0) is 0 Å². The molecule has 0 radical (unpaired) electrons. The molecule has 84 valence electrons. The summed E-state index contributed by atoms with van der Waals surface area (Å²) in [4.78, 5) is 4.12. The van der Waals surface area contributed by atoms with Gasteiger partial charge in [0.2, 0.25) is 5.96 Å². The number of hydrazone groups is 1. The Bertz CT molecular complexity index is 425. The zero-order valence-electron chi connectivity index (χ0n) is 8.37. The van der Waals surface area contributed by atoms with Crippen LogP contribution in [0.25, 0.3) is 0 Å². The number of guanidine groups is 1. The van der Waals surface area contributed by atoms with Gasteiger partial charge in [0.05, 0.1) is 6.54 Å². The van der Waals surface area contributed by atoms with Crippen LogP contribution in [0.4, 0.5) is 0 Å². The van der Waals surface area contributed by atoms with Crippen LogP contribution in [0.2, 0.25) is 5.02 Å². The molecule has 0 aromatic heterocycles. The lowest BCUT2D eigenvalue weighted by Gasteiger charge is -2.02. The van der Waals surface area contributed by atoms with Crippen molar-refractivity contribution in [3.05, 3.63) is 34.9 Å². The van der Waals surface area contributed by atoms with Gasteiger partial charge in [-0.1, -0.05) is 35.3 Å². The standard InChI is InChI=1S/C10H10Cl2N4/c11-8-3-1-7(2-4-8)9(12)15-16-10-13-5-6-14-10/h1-4H,5-6H2,(H2,13,14,16)/b15-9-. The van der Waals surface area contributed by atoms with Crippen molar-refractivity contribution < 1.29 is 0 Å². The summed E-state index contributed by atoms with van der Waals surface area (Å²) >= 11 is 11.8. The molecule has 1 aliphatic heterocycles. The zero-order valence-corrected chi connectivity index (χ0v) is 9.89. The molecule has 0 fully saturated rings. The number of nitrogens with one attached hydrogen (secondary N) is 2. The predicted molar refractivity (Wildman–Crippen MR) is 67.3 cm³/mol. The minimum absolute atomic E-state index is 0.369. The molecule has 2 N–H and O–H groups in total. The lowest BCUT2D eigenvalue weighted by Crippen LogP contribution is -2.30. The van der Waals surface area contributed by atoms with Crippen molar-refractivity contribution in [2.24, 2.45) is 10.1 Å². The van der Waals surface area contributed by atoms with Crippen molar-refractivity contribution in [3.63, 3.8) is 0 Å². The largest absolute Gasteiger partial charge is 0.353 e. The van der Waals surface area contributed by atoms with E-state index in [1.807, 2.05) is 0 Å². The maximum absolute atomic E-state index is 6.00. The maximum atomic E-state index is 6.00. The van der Waals surface area contributed by atoms with Gasteiger partial charge < -0.3 is 5.32 Å². The molecule has 6 heteroatoms. The lowest BCUT2D eigenvalue weighted by molar-refractivity contribution is 0.919. The second-order valence-electron chi connectivity index (χ2n) is 3.18. The van der Waals surface area contributed by atoms with Gasteiger partial charge in [0, 0.05) is 17.1 Å². The van der Waals surface area contributed by atoms with Gasteiger partial charge in [0.1, 0.15) is 0 Å². The average molecular weight is 257 g/mol. The molecule has 0 saturated carbocycles. The molecule has 0 bridgehead atoms. The number of hydrogen-bond acceptors (Lipinski definition) is 4. The minimum Gasteiger partial charge on any atom is -0.353 e. The van der Waals surface area contributed by atoms with Gasteiger partial charge in [-0.15, -0.1) is 0 Å². The predicted octanol–water partition coefficient (Wildman–Crippen LogP) is 1.79. The molecule has 4 nitrogen and oxygen atoms in total. The molecule has 1 aliphatic rings.